The molecular formula is C9H17N2O4. The number of hydroxylamine groups is 2. The molecule has 0 heterocycles. The lowest BCUT2D eigenvalue weighted by atomic mass is 10.3. The Morgan fingerprint density at radius 3 is 2.40 bits per heavy atom. The Hall–Kier alpha value is -1.46. The van der Waals surface area contributed by atoms with Gasteiger partial charge in [0.2, 0.25) is 0 Å². The number of unbranched alkanes of at least 4 members (excludes halogenated alkanes) is 1. The molecule has 0 aliphatic rings. The van der Waals surface area contributed by atoms with Crippen molar-refractivity contribution >= 4 is 12.2 Å². The largest absolute Gasteiger partial charge is 0.485 e. The summed E-state index contributed by atoms with van der Waals surface area (Å²) in [6.07, 6.45) is -0.880. The standard InChI is InChI=1S/C9H17N2O4/c1-4-5-6-11(9(13)14)15-8(12)10-7(2)3/h7H,4-6H2,1-3H3,(H,10,12). The van der Waals surface area contributed by atoms with Gasteiger partial charge in [0.1, 0.15) is 0 Å². The molecule has 6 heteroatoms. The molecule has 1 N–H and O–H groups in total. The van der Waals surface area contributed by atoms with Crippen LogP contribution in [0.2, 0.25) is 0 Å². The summed E-state index contributed by atoms with van der Waals surface area (Å²) in [5.41, 5.74) is 0. The minimum atomic E-state index is -1.51. The van der Waals surface area contributed by atoms with Crippen LogP contribution in [0.25, 0.3) is 0 Å². The van der Waals surface area contributed by atoms with E-state index in [0.717, 1.165) is 6.42 Å². The third kappa shape index (κ3) is 6.59. The van der Waals surface area contributed by atoms with Crippen LogP contribution in [0.15, 0.2) is 0 Å². The molecule has 0 aromatic carbocycles. The molecule has 15 heavy (non-hydrogen) atoms. The highest BCUT2D eigenvalue weighted by Crippen LogP contribution is 1.98. The zero-order valence-corrected chi connectivity index (χ0v) is 9.28. The second kappa shape index (κ2) is 6.92. The van der Waals surface area contributed by atoms with Gasteiger partial charge in [0.25, 0.3) is 0 Å². The predicted octanol–water partition coefficient (Wildman–Crippen LogP) is 1.69. The summed E-state index contributed by atoms with van der Waals surface area (Å²) in [6, 6.07) is -0.104. The molecule has 0 aromatic rings. The number of carbonyl (C=O) groups excluding carboxylic acids is 2. The molecule has 1 radical (unpaired) electrons. The number of rotatable bonds is 4. The summed E-state index contributed by atoms with van der Waals surface area (Å²) in [4.78, 5) is 26.1. The molecule has 87 valence electrons. The maximum atomic E-state index is 11.1. The Labute approximate surface area is 89.2 Å². The van der Waals surface area contributed by atoms with Crippen LogP contribution in [0.1, 0.15) is 33.6 Å². The number of hydrogen-bond donors (Lipinski definition) is 1. The Morgan fingerprint density at radius 2 is 2.00 bits per heavy atom. The van der Waals surface area contributed by atoms with Crippen LogP contribution in [0.3, 0.4) is 0 Å². The minimum absolute atomic E-state index is 0.104. The van der Waals surface area contributed by atoms with Crippen LogP contribution in [0.4, 0.5) is 9.59 Å². The average molecular weight is 217 g/mol. The summed E-state index contributed by atoms with van der Waals surface area (Å²) in [6.45, 7) is 5.53. The van der Waals surface area contributed by atoms with E-state index in [1.807, 2.05) is 6.92 Å². The topological polar surface area (TPSA) is 78.5 Å². The second-order valence-electron chi connectivity index (χ2n) is 3.40. The molecule has 0 spiro atoms. The van der Waals surface area contributed by atoms with Crippen LogP contribution >= 0.6 is 0 Å². The Morgan fingerprint density at radius 1 is 1.40 bits per heavy atom. The fraction of sp³-hybridized carbons (Fsp3) is 0.778. The second-order valence-corrected chi connectivity index (χ2v) is 3.40. The van der Waals surface area contributed by atoms with Crippen molar-refractivity contribution in [3.63, 3.8) is 0 Å². The lowest BCUT2D eigenvalue weighted by Crippen LogP contribution is -2.39. The quantitative estimate of drug-likeness (QED) is 0.728. The van der Waals surface area contributed by atoms with E-state index in [9.17, 15) is 14.7 Å². The van der Waals surface area contributed by atoms with Gasteiger partial charge in [-0.1, -0.05) is 13.3 Å². The molecule has 2 amide bonds. The Balaban J connectivity index is 4.04. The molecule has 0 saturated heterocycles. The van der Waals surface area contributed by atoms with E-state index >= 15 is 0 Å². The number of nitrogens with one attached hydrogen (secondary N) is 1. The van der Waals surface area contributed by atoms with Crippen LogP contribution < -0.4 is 5.32 Å². The van der Waals surface area contributed by atoms with Crippen molar-refractivity contribution in [2.24, 2.45) is 0 Å². The first-order chi connectivity index (χ1) is 6.97. The molecule has 0 fully saturated rings. The van der Waals surface area contributed by atoms with Gasteiger partial charge in [-0.15, -0.1) is 5.06 Å². The third-order valence-electron chi connectivity index (χ3n) is 1.52. The predicted molar refractivity (Wildman–Crippen MR) is 52.4 cm³/mol. The van der Waals surface area contributed by atoms with Crippen molar-refractivity contribution in [3.8, 4) is 0 Å². The lowest BCUT2D eigenvalue weighted by Gasteiger charge is -2.17. The number of nitrogens with zero attached hydrogens (tertiary/aromatic N) is 1. The summed E-state index contributed by atoms with van der Waals surface area (Å²) < 4.78 is 0. The van der Waals surface area contributed by atoms with E-state index in [4.69, 9.17) is 0 Å². The molecule has 0 bridgehead atoms. The monoisotopic (exact) mass is 217 g/mol. The van der Waals surface area contributed by atoms with Gasteiger partial charge in [0.15, 0.2) is 0 Å². The van der Waals surface area contributed by atoms with Gasteiger partial charge in [-0.05, 0) is 20.3 Å². The van der Waals surface area contributed by atoms with Crippen LogP contribution in [0.5, 0.6) is 0 Å². The molecule has 0 rings (SSSR count). The van der Waals surface area contributed by atoms with Crippen LogP contribution in [-0.2, 0) is 9.94 Å². The van der Waals surface area contributed by atoms with Gasteiger partial charge in [-0.2, -0.15) is 0 Å². The molecule has 0 aromatic heterocycles. The first-order valence-electron chi connectivity index (χ1n) is 4.94. The van der Waals surface area contributed by atoms with Gasteiger partial charge in [0, 0.05) is 6.04 Å². The maximum Gasteiger partial charge on any atom is 0.485 e. The molecular weight excluding hydrogens is 200 g/mol. The molecule has 0 atom stereocenters. The van der Waals surface area contributed by atoms with Crippen molar-refractivity contribution in [2.75, 3.05) is 6.54 Å². The van der Waals surface area contributed by atoms with Crippen LogP contribution in [0, 0.1) is 0 Å². The SMILES string of the molecule is CCCCN(OC(=O)NC(C)C)C([O])=O. The van der Waals surface area contributed by atoms with Gasteiger partial charge >= 0.3 is 12.2 Å². The smallest absolute Gasteiger partial charge is 0.317 e. The first-order valence-corrected chi connectivity index (χ1v) is 4.94. The molecule has 6 nitrogen and oxygen atoms in total. The highest BCUT2D eigenvalue weighted by Gasteiger charge is 2.18. The molecule has 0 aliphatic heterocycles. The van der Waals surface area contributed by atoms with Gasteiger partial charge in [-0.3, -0.25) is 0 Å². The van der Waals surface area contributed by atoms with Gasteiger partial charge in [0.05, 0.1) is 6.54 Å². The van der Waals surface area contributed by atoms with E-state index in [-0.39, 0.29) is 12.6 Å². The van der Waals surface area contributed by atoms with Crippen molar-refractivity contribution < 1.29 is 19.5 Å². The van der Waals surface area contributed by atoms with E-state index in [2.05, 4.69) is 10.2 Å². The highest BCUT2D eigenvalue weighted by atomic mass is 16.7. The van der Waals surface area contributed by atoms with Crippen LogP contribution in [-0.4, -0.2) is 29.8 Å². The molecule has 0 unspecified atom stereocenters. The highest BCUT2D eigenvalue weighted by molar-refractivity contribution is 5.71. The van der Waals surface area contributed by atoms with Crippen molar-refractivity contribution in [1.82, 2.24) is 10.4 Å². The number of carbonyl (C=O) groups is 2. The summed E-state index contributed by atoms with van der Waals surface area (Å²) in [5, 5.41) is 13.5. The van der Waals surface area contributed by atoms with Gasteiger partial charge < -0.3 is 10.2 Å². The van der Waals surface area contributed by atoms with Gasteiger partial charge in [-0.25, -0.2) is 14.7 Å². The van der Waals surface area contributed by atoms with E-state index < -0.39 is 12.2 Å². The van der Waals surface area contributed by atoms with Crippen molar-refractivity contribution in [1.29, 1.82) is 0 Å². The third-order valence-corrected chi connectivity index (χ3v) is 1.52. The zero-order chi connectivity index (χ0) is 11.8. The van der Waals surface area contributed by atoms with E-state index in [1.54, 1.807) is 13.8 Å². The molecule has 0 aliphatic carbocycles. The Bertz CT molecular complexity index is 218. The Kier molecular flexibility index (Phi) is 6.24. The summed E-state index contributed by atoms with van der Waals surface area (Å²) >= 11 is 0. The first kappa shape index (κ1) is 13.5. The zero-order valence-electron chi connectivity index (χ0n) is 9.28. The lowest BCUT2D eigenvalue weighted by molar-refractivity contribution is -0.0834. The average Bonchev–Trinajstić information content (AvgIpc) is 2.10. The van der Waals surface area contributed by atoms with E-state index in [0.29, 0.717) is 11.5 Å². The molecule has 0 saturated carbocycles. The summed E-state index contributed by atoms with van der Waals surface area (Å²) in [5.74, 6) is 0. The minimum Gasteiger partial charge on any atom is -0.317 e. The fourth-order valence-corrected chi connectivity index (χ4v) is 0.838. The van der Waals surface area contributed by atoms with E-state index in [1.165, 1.54) is 0 Å². The van der Waals surface area contributed by atoms with Crippen molar-refractivity contribution in [2.45, 2.75) is 39.7 Å². The number of hydrogen-bond acceptors (Lipinski definition) is 3. The van der Waals surface area contributed by atoms with Crippen molar-refractivity contribution in [3.05, 3.63) is 0 Å². The normalized spacial score (nSPS) is 9.87. The fourth-order valence-electron chi connectivity index (χ4n) is 0.838. The number of amides is 2. The maximum absolute atomic E-state index is 11.1. The summed E-state index contributed by atoms with van der Waals surface area (Å²) in [7, 11) is 0.